The Morgan fingerprint density at radius 1 is 0.750 bits per heavy atom. The average Bonchev–Trinajstić information content (AvgIpc) is 2.67. The van der Waals surface area contributed by atoms with Crippen LogP contribution >= 0.6 is 0 Å². The van der Waals surface area contributed by atoms with Crippen LogP contribution in [0.4, 0.5) is 0 Å². The topological polar surface area (TPSA) is 40.6 Å². The van der Waals surface area contributed by atoms with Crippen LogP contribution in [0.1, 0.15) is 77.6 Å². The van der Waals surface area contributed by atoms with Crippen molar-refractivity contribution in [1.82, 2.24) is 9.80 Å². The van der Waals surface area contributed by atoms with E-state index in [4.69, 9.17) is 0 Å². The van der Waals surface area contributed by atoms with Crippen molar-refractivity contribution in [2.45, 2.75) is 83.6 Å². The van der Waals surface area contributed by atoms with E-state index in [2.05, 4.69) is 16.7 Å². The van der Waals surface area contributed by atoms with Gasteiger partial charge in [-0.05, 0) is 70.6 Å². The Hall–Kier alpha value is -1.06. The van der Waals surface area contributed by atoms with Crippen molar-refractivity contribution in [1.29, 1.82) is 0 Å². The van der Waals surface area contributed by atoms with Gasteiger partial charge < -0.3 is 9.80 Å². The van der Waals surface area contributed by atoms with Gasteiger partial charge in [0.1, 0.15) is 0 Å². The molecule has 0 aromatic heterocycles. The summed E-state index contributed by atoms with van der Waals surface area (Å²) in [4.78, 5) is 29.8. The van der Waals surface area contributed by atoms with Gasteiger partial charge in [0.15, 0.2) is 0 Å². The van der Waals surface area contributed by atoms with E-state index in [0.29, 0.717) is 17.9 Å². The van der Waals surface area contributed by atoms with Crippen LogP contribution in [-0.4, -0.2) is 47.3 Å². The van der Waals surface area contributed by atoms with Crippen molar-refractivity contribution in [3.63, 3.8) is 0 Å². The lowest BCUT2D eigenvalue weighted by Crippen LogP contribution is -2.47. The smallest absolute Gasteiger partial charge is 0.225 e. The van der Waals surface area contributed by atoms with Crippen LogP contribution in [0.5, 0.6) is 0 Å². The standard InChI is InChI=1S/C20H34N2O2/c1-2-18-8-4-7-15-22(18)20(24)17-11-9-16(10-12-17)19(23)21-13-5-3-6-14-21/h16-18H,2-15H2,1H3. The molecule has 136 valence electrons. The van der Waals surface area contributed by atoms with Crippen LogP contribution in [0.2, 0.25) is 0 Å². The Kier molecular flexibility index (Phi) is 6.18. The van der Waals surface area contributed by atoms with Gasteiger partial charge in [0.05, 0.1) is 0 Å². The first-order valence-electron chi connectivity index (χ1n) is 10.3. The van der Waals surface area contributed by atoms with Crippen molar-refractivity contribution in [3.8, 4) is 0 Å². The molecule has 3 rings (SSSR count). The lowest BCUT2D eigenvalue weighted by Gasteiger charge is -2.39. The number of carbonyl (C=O) groups excluding carboxylic acids is 2. The van der Waals surface area contributed by atoms with Gasteiger partial charge in [0.25, 0.3) is 0 Å². The van der Waals surface area contributed by atoms with Gasteiger partial charge in [0, 0.05) is 37.5 Å². The molecular weight excluding hydrogens is 300 g/mol. The average molecular weight is 335 g/mol. The number of amides is 2. The molecule has 24 heavy (non-hydrogen) atoms. The highest BCUT2D eigenvalue weighted by Gasteiger charge is 2.36. The SMILES string of the molecule is CCC1CCCCN1C(=O)C1CCC(C(=O)N2CCCCC2)CC1. The predicted molar refractivity (Wildman–Crippen MR) is 95.5 cm³/mol. The van der Waals surface area contributed by atoms with E-state index in [9.17, 15) is 9.59 Å². The molecule has 1 aliphatic carbocycles. The molecule has 1 atom stereocenters. The molecule has 0 aromatic rings. The highest BCUT2D eigenvalue weighted by Crippen LogP contribution is 2.33. The third-order valence-corrected chi connectivity index (χ3v) is 6.47. The van der Waals surface area contributed by atoms with Crippen LogP contribution in [0.3, 0.4) is 0 Å². The zero-order chi connectivity index (χ0) is 16.9. The quantitative estimate of drug-likeness (QED) is 0.791. The molecule has 2 heterocycles. The minimum Gasteiger partial charge on any atom is -0.342 e. The van der Waals surface area contributed by atoms with Gasteiger partial charge in [-0.3, -0.25) is 9.59 Å². The van der Waals surface area contributed by atoms with Crippen molar-refractivity contribution in [3.05, 3.63) is 0 Å². The number of piperidine rings is 2. The molecule has 0 N–H and O–H groups in total. The summed E-state index contributed by atoms with van der Waals surface area (Å²) in [6.07, 6.45) is 11.9. The molecule has 2 amide bonds. The zero-order valence-corrected chi connectivity index (χ0v) is 15.3. The second kappa shape index (κ2) is 8.35. The van der Waals surface area contributed by atoms with E-state index < -0.39 is 0 Å². The summed E-state index contributed by atoms with van der Waals surface area (Å²) in [5, 5.41) is 0. The van der Waals surface area contributed by atoms with Gasteiger partial charge in [-0.2, -0.15) is 0 Å². The first-order valence-corrected chi connectivity index (χ1v) is 10.3. The summed E-state index contributed by atoms with van der Waals surface area (Å²) in [6.45, 7) is 5.04. The fraction of sp³-hybridized carbons (Fsp3) is 0.900. The lowest BCUT2D eigenvalue weighted by molar-refractivity contribution is -0.144. The Morgan fingerprint density at radius 2 is 1.33 bits per heavy atom. The van der Waals surface area contributed by atoms with Crippen molar-refractivity contribution in [2.75, 3.05) is 19.6 Å². The van der Waals surface area contributed by atoms with Crippen LogP contribution in [0, 0.1) is 11.8 Å². The number of likely N-dealkylation sites (tertiary alicyclic amines) is 2. The number of rotatable bonds is 3. The lowest BCUT2D eigenvalue weighted by atomic mass is 9.80. The maximum absolute atomic E-state index is 12.9. The second-order valence-electron chi connectivity index (χ2n) is 8.02. The van der Waals surface area contributed by atoms with Gasteiger partial charge in [-0.25, -0.2) is 0 Å². The van der Waals surface area contributed by atoms with Crippen LogP contribution in [-0.2, 0) is 9.59 Å². The predicted octanol–water partition coefficient (Wildman–Crippen LogP) is 3.60. The zero-order valence-electron chi connectivity index (χ0n) is 15.3. The number of nitrogens with zero attached hydrogens (tertiary/aromatic N) is 2. The fourth-order valence-corrected chi connectivity index (χ4v) is 4.91. The Labute approximate surface area is 146 Å². The van der Waals surface area contributed by atoms with Crippen molar-refractivity contribution < 1.29 is 9.59 Å². The minimum atomic E-state index is 0.169. The molecule has 2 aliphatic heterocycles. The summed E-state index contributed by atoms with van der Waals surface area (Å²) in [5.74, 6) is 1.09. The normalized spacial score (nSPS) is 31.8. The van der Waals surface area contributed by atoms with Crippen LogP contribution < -0.4 is 0 Å². The molecule has 3 aliphatic rings. The highest BCUT2D eigenvalue weighted by molar-refractivity contribution is 5.81. The van der Waals surface area contributed by atoms with Gasteiger partial charge in [-0.15, -0.1) is 0 Å². The van der Waals surface area contributed by atoms with E-state index in [1.807, 2.05) is 0 Å². The maximum Gasteiger partial charge on any atom is 0.225 e. The molecule has 3 fully saturated rings. The monoisotopic (exact) mass is 334 g/mol. The third kappa shape index (κ3) is 3.94. The van der Waals surface area contributed by atoms with Crippen LogP contribution in [0.15, 0.2) is 0 Å². The van der Waals surface area contributed by atoms with E-state index in [1.165, 1.54) is 19.3 Å². The summed E-state index contributed by atoms with van der Waals surface area (Å²) < 4.78 is 0. The maximum atomic E-state index is 12.9. The molecule has 0 aromatic carbocycles. The molecular formula is C20H34N2O2. The molecule has 2 saturated heterocycles. The largest absolute Gasteiger partial charge is 0.342 e. The molecule has 0 radical (unpaired) electrons. The number of hydrogen-bond acceptors (Lipinski definition) is 2. The Balaban J connectivity index is 1.50. The van der Waals surface area contributed by atoms with Crippen molar-refractivity contribution in [2.24, 2.45) is 11.8 Å². The first kappa shape index (κ1) is 17.8. The number of hydrogen-bond donors (Lipinski definition) is 0. The molecule has 0 bridgehead atoms. The Morgan fingerprint density at radius 3 is 1.96 bits per heavy atom. The highest BCUT2D eigenvalue weighted by atomic mass is 16.2. The number of carbonyl (C=O) groups is 2. The molecule has 4 heteroatoms. The third-order valence-electron chi connectivity index (χ3n) is 6.47. The van der Waals surface area contributed by atoms with Gasteiger partial charge >= 0.3 is 0 Å². The molecule has 4 nitrogen and oxygen atoms in total. The molecule has 1 saturated carbocycles. The second-order valence-corrected chi connectivity index (χ2v) is 8.02. The fourth-order valence-electron chi connectivity index (χ4n) is 4.91. The van der Waals surface area contributed by atoms with Gasteiger partial charge in [0.2, 0.25) is 11.8 Å². The molecule has 1 unspecified atom stereocenters. The van der Waals surface area contributed by atoms with Crippen molar-refractivity contribution >= 4 is 11.8 Å². The van der Waals surface area contributed by atoms with Gasteiger partial charge in [-0.1, -0.05) is 6.92 Å². The summed E-state index contributed by atoms with van der Waals surface area (Å²) >= 11 is 0. The van der Waals surface area contributed by atoms with E-state index in [0.717, 1.165) is 71.0 Å². The summed E-state index contributed by atoms with van der Waals surface area (Å²) in [5.41, 5.74) is 0. The summed E-state index contributed by atoms with van der Waals surface area (Å²) in [7, 11) is 0. The van der Waals surface area contributed by atoms with Crippen LogP contribution in [0.25, 0.3) is 0 Å². The Bertz CT molecular complexity index is 437. The van der Waals surface area contributed by atoms with E-state index in [1.54, 1.807) is 0 Å². The summed E-state index contributed by atoms with van der Waals surface area (Å²) in [6, 6.07) is 0.457. The minimum absolute atomic E-state index is 0.169. The van der Waals surface area contributed by atoms with E-state index in [-0.39, 0.29) is 11.8 Å². The van der Waals surface area contributed by atoms with E-state index >= 15 is 0 Å². The molecule has 0 spiro atoms. The first-order chi connectivity index (χ1) is 11.7.